The molecular formula is C20H25ClN2O2. The molecule has 1 heterocycles. The normalized spacial score (nSPS) is 15.8. The van der Waals surface area contributed by atoms with E-state index in [0.717, 1.165) is 54.7 Å². The van der Waals surface area contributed by atoms with Crippen molar-refractivity contribution in [1.82, 2.24) is 4.90 Å². The summed E-state index contributed by atoms with van der Waals surface area (Å²) in [4.78, 5) is 2.49. The molecule has 0 amide bonds. The van der Waals surface area contributed by atoms with E-state index in [4.69, 9.17) is 21.1 Å². The summed E-state index contributed by atoms with van der Waals surface area (Å²) in [6.07, 6.45) is 2.21. The number of halogens is 1. The Labute approximate surface area is 154 Å². The lowest BCUT2D eigenvalue weighted by molar-refractivity contribution is 0.211. The molecule has 2 aromatic rings. The van der Waals surface area contributed by atoms with Gasteiger partial charge in [-0.15, -0.1) is 0 Å². The van der Waals surface area contributed by atoms with Crippen molar-refractivity contribution in [2.75, 3.05) is 32.6 Å². The molecule has 3 rings (SSSR count). The smallest absolute Gasteiger partial charge is 0.142 e. The van der Waals surface area contributed by atoms with E-state index in [2.05, 4.69) is 22.3 Å². The second-order valence-corrected chi connectivity index (χ2v) is 6.82. The summed E-state index contributed by atoms with van der Waals surface area (Å²) >= 11 is 5.96. The van der Waals surface area contributed by atoms with E-state index in [-0.39, 0.29) is 0 Å². The molecular weight excluding hydrogens is 336 g/mol. The van der Waals surface area contributed by atoms with Crippen molar-refractivity contribution in [3.63, 3.8) is 0 Å². The zero-order valence-corrected chi connectivity index (χ0v) is 15.6. The third-order valence-electron chi connectivity index (χ3n) is 4.67. The fourth-order valence-corrected chi connectivity index (χ4v) is 3.36. The lowest BCUT2D eigenvalue weighted by atomic mass is 10.0. The molecule has 25 heavy (non-hydrogen) atoms. The topological polar surface area (TPSA) is 33.7 Å². The first-order chi connectivity index (χ1) is 12.2. The van der Waals surface area contributed by atoms with Crippen molar-refractivity contribution < 1.29 is 9.47 Å². The molecule has 0 aromatic heterocycles. The fraction of sp³-hybridized carbons (Fsp3) is 0.400. The number of benzene rings is 2. The number of rotatable bonds is 6. The molecule has 0 unspecified atom stereocenters. The van der Waals surface area contributed by atoms with E-state index in [1.165, 1.54) is 5.56 Å². The van der Waals surface area contributed by atoms with Crippen LogP contribution < -0.4 is 14.8 Å². The van der Waals surface area contributed by atoms with Crippen LogP contribution in [0.25, 0.3) is 0 Å². The van der Waals surface area contributed by atoms with Gasteiger partial charge in [0.2, 0.25) is 0 Å². The number of likely N-dealkylation sites (tertiary alicyclic amines) is 1. The third kappa shape index (κ3) is 4.80. The number of nitrogens with one attached hydrogen (secondary N) is 1. The van der Waals surface area contributed by atoms with E-state index in [9.17, 15) is 0 Å². The van der Waals surface area contributed by atoms with Crippen molar-refractivity contribution in [1.29, 1.82) is 0 Å². The second-order valence-electron chi connectivity index (χ2n) is 6.39. The standard InChI is InChI=1S/C20H25ClN2O2/c1-24-18-7-8-20(25-2)19(13-18)22-17-9-11-23(12-10-17)14-15-3-5-16(21)6-4-15/h3-8,13,17,22H,9-12,14H2,1-2H3. The molecule has 0 aliphatic carbocycles. The van der Waals surface area contributed by atoms with Crippen LogP contribution in [0.5, 0.6) is 11.5 Å². The highest BCUT2D eigenvalue weighted by atomic mass is 35.5. The molecule has 0 bridgehead atoms. The monoisotopic (exact) mass is 360 g/mol. The van der Waals surface area contributed by atoms with Crippen LogP contribution in [-0.4, -0.2) is 38.3 Å². The van der Waals surface area contributed by atoms with Gasteiger partial charge < -0.3 is 14.8 Å². The van der Waals surface area contributed by atoms with Crippen LogP contribution in [0.4, 0.5) is 5.69 Å². The van der Waals surface area contributed by atoms with Gasteiger partial charge in [-0.3, -0.25) is 4.90 Å². The van der Waals surface area contributed by atoms with Crippen molar-refractivity contribution in [2.45, 2.75) is 25.4 Å². The van der Waals surface area contributed by atoms with Crippen LogP contribution in [0, 0.1) is 0 Å². The highest BCUT2D eigenvalue weighted by Gasteiger charge is 2.20. The highest BCUT2D eigenvalue weighted by Crippen LogP contribution is 2.30. The van der Waals surface area contributed by atoms with Gasteiger partial charge in [0.05, 0.1) is 19.9 Å². The van der Waals surface area contributed by atoms with E-state index >= 15 is 0 Å². The quantitative estimate of drug-likeness (QED) is 0.826. The highest BCUT2D eigenvalue weighted by molar-refractivity contribution is 6.30. The van der Waals surface area contributed by atoms with Gasteiger partial charge in [0, 0.05) is 36.8 Å². The lowest BCUT2D eigenvalue weighted by Crippen LogP contribution is -2.38. The minimum atomic E-state index is 0.447. The Balaban J connectivity index is 1.55. The van der Waals surface area contributed by atoms with Gasteiger partial charge in [-0.2, -0.15) is 0 Å². The van der Waals surface area contributed by atoms with Gasteiger partial charge in [-0.1, -0.05) is 23.7 Å². The number of hydrogen-bond acceptors (Lipinski definition) is 4. The number of methoxy groups -OCH3 is 2. The fourth-order valence-electron chi connectivity index (χ4n) is 3.23. The third-order valence-corrected chi connectivity index (χ3v) is 4.93. The predicted octanol–water partition coefficient (Wildman–Crippen LogP) is 4.43. The molecule has 1 aliphatic heterocycles. The zero-order chi connectivity index (χ0) is 17.6. The van der Waals surface area contributed by atoms with Crippen molar-refractivity contribution >= 4 is 17.3 Å². The van der Waals surface area contributed by atoms with Gasteiger partial charge >= 0.3 is 0 Å². The molecule has 1 saturated heterocycles. The maximum Gasteiger partial charge on any atom is 0.142 e. The van der Waals surface area contributed by atoms with Crippen LogP contribution in [0.15, 0.2) is 42.5 Å². The Bertz CT molecular complexity index is 683. The van der Waals surface area contributed by atoms with Crippen molar-refractivity contribution in [3.05, 3.63) is 53.1 Å². The van der Waals surface area contributed by atoms with Crippen LogP contribution in [0.1, 0.15) is 18.4 Å². The maximum atomic E-state index is 5.96. The Morgan fingerprint density at radius 1 is 1.04 bits per heavy atom. The molecule has 134 valence electrons. The minimum absolute atomic E-state index is 0.447. The first kappa shape index (κ1) is 17.9. The molecule has 2 aromatic carbocycles. The molecule has 1 N–H and O–H groups in total. The summed E-state index contributed by atoms with van der Waals surface area (Å²) in [7, 11) is 3.38. The molecule has 0 spiro atoms. The van der Waals surface area contributed by atoms with Crippen LogP contribution in [0.2, 0.25) is 5.02 Å². The number of nitrogens with zero attached hydrogens (tertiary/aromatic N) is 1. The summed E-state index contributed by atoms with van der Waals surface area (Å²) < 4.78 is 10.8. The van der Waals surface area contributed by atoms with Gasteiger partial charge in [-0.05, 0) is 42.7 Å². The molecule has 0 saturated carbocycles. The second kappa shape index (κ2) is 8.45. The Morgan fingerprint density at radius 3 is 2.40 bits per heavy atom. The van der Waals surface area contributed by atoms with Crippen LogP contribution >= 0.6 is 11.6 Å². The molecule has 1 fully saturated rings. The SMILES string of the molecule is COc1ccc(OC)c(NC2CCN(Cc3ccc(Cl)cc3)CC2)c1. The lowest BCUT2D eigenvalue weighted by Gasteiger charge is -2.33. The summed E-state index contributed by atoms with van der Waals surface area (Å²) in [6, 6.07) is 14.4. The summed E-state index contributed by atoms with van der Waals surface area (Å²) in [5.41, 5.74) is 2.31. The largest absolute Gasteiger partial charge is 0.497 e. The molecule has 1 aliphatic rings. The van der Waals surface area contributed by atoms with E-state index in [1.807, 2.05) is 30.3 Å². The number of piperidine rings is 1. The maximum absolute atomic E-state index is 5.96. The minimum Gasteiger partial charge on any atom is -0.497 e. The van der Waals surface area contributed by atoms with Gasteiger partial charge in [0.25, 0.3) is 0 Å². The van der Waals surface area contributed by atoms with Gasteiger partial charge in [0.1, 0.15) is 11.5 Å². The molecule has 5 heteroatoms. The number of ether oxygens (including phenoxy) is 2. The first-order valence-electron chi connectivity index (χ1n) is 8.63. The van der Waals surface area contributed by atoms with Crippen LogP contribution in [-0.2, 0) is 6.54 Å². The van der Waals surface area contributed by atoms with E-state index < -0.39 is 0 Å². The predicted molar refractivity (Wildman–Crippen MR) is 103 cm³/mol. The Kier molecular flexibility index (Phi) is 6.05. The summed E-state index contributed by atoms with van der Waals surface area (Å²) in [6.45, 7) is 3.13. The van der Waals surface area contributed by atoms with E-state index in [1.54, 1.807) is 14.2 Å². The van der Waals surface area contributed by atoms with Crippen molar-refractivity contribution in [2.24, 2.45) is 0 Å². The Hall–Kier alpha value is -1.91. The Morgan fingerprint density at radius 2 is 1.76 bits per heavy atom. The number of anilines is 1. The van der Waals surface area contributed by atoms with E-state index in [0.29, 0.717) is 6.04 Å². The number of hydrogen-bond donors (Lipinski definition) is 1. The van der Waals surface area contributed by atoms with Gasteiger partial charge in [-0.25, -0.2) is 0 Å². The summed E-state index contributed by atoms with van der Waals surface area (Å²) in [5, 5.41) is 4.41. The first-order valence-corrected chi connectivity index (χ1v) is 9.01. The average molecular weight is 361 g/mol. The summed E-state index contributed by atoms with van der Waals surface area (Å²) in [5.74, 6) is 1.69. The van der Waals surface area contributed by atoms with Gasteiger partial charge in [0.15, 0.2) is 0 Å². The molecule has 4 nitrogen and oxygen atoms in total. The zero-order valence-electron chi connectivity index (χ0n) is 14.8. The average Bonchev–Trinajstić information content (AvgIpc) is 2.65. The molecule has 0 atom stereocenters. The van der Waals surface area contributed by atoms with Crippen LogP contribution in [0.3, 0.4) is 0 Å². The van der Waals surface area contributed by atoms with Crippen molar-refractivity contribution in [3.8, 4) is 11.5 Å². The molecule has 0 radical (unpaired) electrons.